The zero-order valence-corrected chi connectivity index (χ0v) is 11.4. The van der Waals surface area contributed by atoms with Crippen LogP contribution in [-0.2, 0) is 4.74 Å². The van der Waals surface area contributed by atoms with Gasteiger partial charge in [-0.1, -0.05) is 19.1 Å². The second-order valence-electron chi connectivity index (χ2n) is 5.03. The molecule has 0 amide bonds. The molecule has 4 nitrogen and oxygen atoms in total. The summed E-state index contributed by atoms with van der Waals surface area (Å²) < 4.78 is 17.0. The van der Waals surface area contributed by atoms with Crippen molar-refractivity contribution in [2.45, 2.75) is 19.4 Å². The maximum atomic E-state index is 5.84. The molecule has 1 saturated heterocycles. The predicted octanol–water partition coefficient (Wildman–Crippen LogP) is 2.14. The van der Waals surface area contributed by atoms with E-state index in [1.165, 1.54) is 5.56 Å². The Morgan fingerprint density at radius 2 is 2.16 bits per heavy atom. The molecule has 1 aromatic carbocycles. The molecule has 2 unspecified atom stereocenters. The molecule has 0 radical (unpaired) electrons. The van der Waals surface area contributed by atoms with E-state index in [0.29, 0.717) is 19.1 Å². The number of hydrogen-bond donors (Lipinski definition) is 1. The van der Waals surface area contributed by atoms with Crippen LogP contribution in [0.2, 0.25) is 0 Å². The summed E-state index contributed by atoms with van der Waals surface area (Å²) in [6.07, 6.45) is 1.10. The second-order valence-corrected chi connectivity index (χ2v) is 5.03. The highest BCUT2D eigenvalue weighted by Gasteiger charge is 2.30. The summed E-state index contributed by atoms with van der Waals surface area (Å²) >= 11 is 0. The molecule has 1 N–H and O–H groups in total. The summed E-state index contributed by atoms with van der Waals surface area (Å²) in [7, 11) is 0. The maximum Gasteiger partial charge on any atom is 0.166 e. The van der Waals surface area contributed by atoms with Crippen molar-refractivity contribution < 1.29 is 14.2 Å². The third kappa shape index (κ3) is 2.55. The number of ether oxygens (including phenoxy) is 3. The average Bonchev–Trinajstić information content (AvgIpc) is 2.98. The molecule has 2 atom stereocenters. The number of nitrogens with one attached hydrogen (secondary N) is 1. The Morgan fingerprint density at radius 1 is 1.26 bits per heavy atom. The summed E-state index contributed by atoms with van der Waals surface area (Å²) in [4.78, 5) is 0. The van der Waals surface area contributed by atoms with Gasteiger partial charge in [-0.3, -0.25) is 0 Å². The molecule has 4 heteroatoms. The summed E-state index contributed by atoms with van der Waals surface area (Å²) in [6.45, 7) is 6.02. The van der Waals surface area contributed by atoms with Crippen LogP contribution in [-0.4, -0.2) is 33.0 Å². The topological polar surface area (TPSA) is 39.7 Å². The van der Waals surface area contributed by atoms with Crippen molar-refractivity contribution in [2.75, 3.05) is 33.0 Å². The van der Waals surface area contributed by atoms with E-state index in [9.17, 15) is 0 Å². The van der Waals surface area contributed by atoms with Crippen LogP contribution in [0.4, 0.5) is 0 Å². The Hall–Kier alpha value is -1.26. The second kappa shape index (κ2) is 5.80. The van der Waals surface area contributed by atoms with Gasteiger partial charge in [0.1, 0.15) is 13.2 Å². The molecular weight excluding hydrogens is 242 g/mol. The fraction of sp³-hybridized carbons (Fsp3) is 0.600. The van der Waals surface area contributed by atoms with Gasteiger partial charge < -0.3 is 19.5 Å². The first-order valence-electron chi connectivity index (χ1n) is 7.09. The minimum atomic E-state index is 0.282. The van der Waals surface area contributed by atoms with Crippen molar-refractivity contribution in [1.82, 2.24) is 5.32 Å². The van der Waals surface area contributed by atoms with Crippen molar-refractivity contribution in [3.8, 4) is 11.5 Å². The van der Waals surface area contributed by atoms with Gasteiger partial charge in [0.2, 0.25) is 0 Å². The lowest BCUT2D eigenvalue weighted by atomic mass is 9.91. The normalized spacial score (nSPS) is 23.3. The van der Waals surface area contributed by atoms with Crippen LogP contribution in [0.15, 0.2) is 18.2 Å². The predicted molar refractivity (Wildman–Crippen MR) is 72.8 cm³/mol. The average molecular weight is 263 g/mol. The molecule has 1 aromatic rings. The molecule has 0 aromatic heterocycles. The Kier molecular flexibility index (Phi) is 3.89. The Labute approximate surface area is 114 Å². The first-order valence-corrected chi connectivity index (χ1v) is 7.09. The molecule has 0 aliphatic carbocycles. The lowest BCUT2D eigenvalue weighted by molar-refractivity contribution is 0.162. The third-order valence-electron chi connectivity index (χ3n) is 3.79. The molecule has 1 fully saturated rings. The van der Waals surface area contributed by atoms with Gasteiger partial charge in [-0.15, -0.1) is 0 Å². The van der Waals surface area contributed by atoms with Gasteiger partial charge in [0.15, 0.2) is 11.5 Å². The Balaban J connectivity index is 1.92. The van der Waals surface area contributed by atoms with E-state index in [1.54, 1.807) is 0 Å². The fourth-order valence-corrected chi connectivity index (χ4v) is 2.91. The minimum Gasteiger partial charge on any atom is -0.486 e. The molecule has 0 saturated carbocycles. The van der Waals surface area contributed by atoms with Gasteiger partial charge in [-0.2, -0.15) is 0 Å². The van der Waals surface area contributed by atoms with Crippen LogP contribution in [0.1, 0.15) is 24.9 Å². The zero-order valence-electron chi connectivity index (χ0n) is 11.4. The van der Waals surface area contributed by atoms with E-state index in [-0.39, 0.29) is 6.04 Å². The lowest BCUT2D eigenvalue weighted by Gasteiger charge is -2.28. The SMILES string of the molecule is CCNC(c1cccc2c1OCCO2)C1CCOC1. The molecule has 104 valence electrons. The van der Waals surface area contributed by atoms with Gasteiger partial charge in [0.05, 0.1) is 6.61 Å². The van der Waals surface area contributed by atoms with Crippen LogP contribution in [0.25, 0.3) is 0 Å². The van der Waals surface area contributed by atoms with E-state index >= 15 is 0 Å². The highest BCUT2D eigenvalue weighted by Crippen LogP contribution is 2.40. The highest BCUT2D eigenvalue weighted by atomic mass is 16.6. The van der Waals surface area contributed by atoms with E-state index in [0.717, 1.165) is 37.7 Å². The monoisotopic (exact) mass is 263 g/mol. The molecule has 2 heterocycles. The van der Waals surface area contributed by atoms with Gasteiger partial charge in [0, 0.05) is 24.1 Å². The summed E-state index contributed by atoms with van der Waals surface area (Å²) in [6, 6.07) is 6.44. The van der Waals surface area contributed by atoms with Gasteiger partial charge in [0.25, 0.3) is 0 Å². The lowest BCUT2D eigenvalue weighted by Crippen LogP contribution is -2.30. The number of hydrogen-bond acceptors (Lipinski definition) is 4. The summed E-state index contributed by atoms with van der Waals surface area (Å²) in [5.74, 6) is 2.29. The molecule has 2 aliphatic heterocycles. The quantitative estimate of drug-likeness (QED) is 0.903. The van der Waals surface area contributed by atoms with E-state index in [4.69, 9.17) is 14.2 Å². The third-order valence-corrected chi connectivity index (χ3v) is 3.79. The van der Waals surface area contributed by atoms with Gasteiger partial charge >= 0.3 is 0 Å². The highest BCUT2D eigenvalue weighted by molar-refractivity contribution is 5.49. The van der Waals surface area contributed by atoms with Crippen LogP contribution >= 0.6 is 0 Å². The molecule has 19 heavy (non-hydrogen) atoms. The fourth-order valence-electron chi connectivity index (χ4n) is 2.91. The number of rotatable bonds is 4. The molecule has 2 aliphatic rings. The standard InChI is InChI=1S/C15H21NO3/c1-2-16-14(11-6-7-17-10-11)12-4-3-5-13-15(12)19-9-8-18-13/h3-5,11,14,16H,2,6-10H2,1H3. The van der Waals surface area contributed by atoms with Gasteiger partial charge in [-0.25, -0.2) is 0 Å². The Morgan fingerprint density at radius 3 is 2.95 bits per heavy atom. The smallest absolute Gasteiger partial charge is 0.166 e. The van der Waals surface area contributed by atoms with E-state index in [2.05, 4.69) is 18.3 Å². The van der Waals surface area contributed by atoms with E-state index < -0.39 is 0 Å². The van der Waals surface area contributed by atoms with Crippen molar-refractivity contribution in [3.63, 3.8) is 0 Å². The van der Waals surface area contributed by atoms with Crippen LogP contribution in [0.3, 0.4) is 0 Å². The molecule has 0 spiro atoms. The largest absolute Gasteiger partial charge is 0.486 e. The van der Waals surface area contributed by atoms with Crippen molar-refractivity contribution >= 4 is 0 Å². The first-order chi connectivity index (χ1) is 9.40. The van der Waals surface area contributed by atoms with Crippen molar-refractivity contribution in [1.29, 1.82) is 0 Å². The number of benzene rings is 1. The first kappa shape index (κ1) is 12.8. The zero-order chi connectivity index (χ0) is 13.1. The van der Waals surface area contributed by atoms with Crippen LogP contribution in [0, 0.1) is 5.92 Å². The van der Waals surface area contributed by atoms with Gasteiger partial charge in [-0.05, 0) is 19.0 Å². The van der Waals surface area contributed by atoms with Crippen LogP contribution in [0.5, 0.6) is 11.5 Å². The number of fused-ring (bicyclic) bond motifs is 1. The van der Waals surface area contributed by atoms with Crippen LogP contribution < -0.4 is 14.8 Å². The van der Waals surface area contributed by atoms with Crippen molar-refractivity contribution in [3.05, 3.63) is 23.8 Å². The molecule has 3 rings (SSSR count). The summed E-state index contributed by atoms with van der Waals surface area (Å²) in [5.41, 5.74) is 1.20. The maximum absolute atomic E-state index is 5.84. The number of para-hydroxylation sites is 1. The molecular formula is C15H21NO3. The van der Waals surface area contributed by atoms with E-state index in [1.807, 2.05) is 12.1 Å². The minimum absolute atomic E-state index is 0.282. The summed E-state index contributed by atoms with van der Waals surface area (Å²) in [5, 5.41) is 3.58. The Bertz CT molecular complexity index is 429. The van der Waals surface area contributed by atoms with Crippen molar-refractivity contribution in [2.24, 2.45) is 5.92 Å². The molecule has 0 bridgehead atoms.